The van der Waals surface area contributed by atoms with Crippen LogP contribution in [-0.2, 0) is 9.53 Å². The van der Waals surface area contributed by atoms with Crippen molar-refractivity contribution < 1.29 is 9.53 Å². The molecule has 0 saturated carbocycles. The van der Waals surface area contributed by atoms with Crippen LogP contribution in [0.1, 0.15) is 20.3 Å². The van der Waals surface area contributed by atoms with E-state index in [2.05, 4.69) is 0 Å². The molecule has 1 saturated heterocycles. The summed E-state index contributed by atoms with van der Waals surface area (Å²) in [6.45, 7) is 3.88. The molecule has 1 atom stereocenters. The highest BCUT2D eigenvalue weighted by molar-refractivity contribution is 7.98. The van der Waals surface area contributed by atoms with E-state index in [-0.39, 0.29) is 17.5 Å². The van der Waals surface area contributed by atoms with Gasteiger partial charge in [0.2, 0.25) is 0 Å². The number of hydrogen-bond donors (Lipinski definition) is 0. The molecule has 0 radical (unpaired) electrons. The lowest BCUT2D eigenvalue weighted by atomic mass is 9.90. The quantitative estimate of drug-likeness (QED) is 0.596. The molecule has 0 aromatic carbocycles. The molecule has 1 fully saturated rings. The molecule has 0 aliphatic carbocycles. The fourth-order valence-corrected chi connectivity index (χ4v) is 1.84. The second-order valence-electron chi connectivity index (χ2n) is 3.57. The van der Waals surface area contributed by atoms with Crippen molar-refractivity contribution in [1.82, 2.24) is 0 Å². The van der Waals surface area contributed by atoms with Crippen LogP contribution in [0, 0.1) is 5.41 Å². The average Bonchev–Trinajstić information content (AvgIpc) is 2.08. The maximum Gasteiger partial charge on any atom is 0.311 e. The highest BCUT2D eigenvalue weighted by Gasteiger charge is 2.40. The Morgan fingerprint density at radius 2 is 2.36 bits per heavy atom. The number of carbonyl (C=O) groups is 1. The van der Waals surface area contributed by atoms with E-state index in [1.165, 1.54) is 0 Å². The Labute approximate surface area is 71.7 Å². The zero-order chi connectivity index (χ0) is 8.48. The van der Waals surface area contributed by atoms with Gasteiger partial charge in [-0.15, -0.1) is 0 Å². The standard InChI is InChI=1S/C8H14O2S/c1-8(2)4-6(5-11-3)10-7(8)9/h6H,4-5H2,1-3H3. The summed E-state index contributed by atoms with van der Waals surface area (Å²) in [5.74, 6) is 0.881. The third kappa shape index (κ3) is 1.89. The van der Waals surface area contributed by atoms with Crippen molar-refractivity contribution in [3.8, 4) is 0 Å². The molecule has 0 bridgehead atoms. The largest absolute Gasteiger partial charge is 0.461 e. The van der Waals surface area contributed by atoms with Crippen molar-refractivity contribution in [2.45, 2.75) is 26.4 Å². The minimum Gasteiger partial charge on any atom is -0.461 e. The lowest BCUT2D eigenvalue weighted by molar-refractivity contribution is -0.146. The summed E-state index contributed by atoms with van der Waals surface area (Å²) in [6, 6.07) is 0. The molecule has 0 spiro atoms. The summed E-state index contributed by atoms with van der Waals surface area (Å²) in [6.07, 6.45) is 3.04. The zero-order valence-corrected chi connectivity index (χ0v) is 8.03. The van der Waals surface area contributed by atoms with Crippen molar-refractivity contribution in [2.24, 2.45) is 5.41 Å². The molecule has 0 amide bonds. The Bertz CT molecular complexity index is 165. The summed E-state index contributed by atoms with van der Waals surface area (Å²) < 4.78 is 5.16. The lowest BCUT2D eigenvalue weighted by Crippen LogP contribution is -2.16. The molecule has 1 aliphatic rings. The highest BCUT2D eigenvalue weighted by Crippen LogP contribution is 2.33. The van der Waals surface area contributed by atoms with Crippen molar-refractivity contribution in [3.05, 3.63) is 0 Å². The number of ether oxygens (including phenoxy) is 1. The molecule has 0 N–H and O–H groups in total. The van der Waals surface area contributed by atoms with Gasteiger partial charge >= 0.3 is 5.97 Å². The van der Waals surface area contributed by atoms with E-state index < -0.39 is 0 Å². The van der Waals surface area contributed by atoms with Gasteiger partial charge in [-0.05, 0) is 20.1 Å². The van der Waals surface area contributed by atoms with Crippen LogP contribution < -0.4 is 0 Å². The van der Waals surface area contributed by atoms with Crippen molar-refractivity contribution in [1.29, 1.82) is 0 Å². The first kappa shape index (κ1) is 8.91. The van der Waals surface area contributed by atoms with Crippen molar-refractivity contribution >= 4 is 17.7 Å². The Hall–Kier alpha value is -0.180. The van der Waals surface area contributed by atoms with E-state index in [0.29, 0.717) is 0 Å². The van der Waals surface area contributed by atoms with E-state index in [0.717, 1.165) is 12.2 Å². The van der Waals surface area contributed by atoms with E-state index in [9.17, 15) is 4.79 Å². The van der Waals surface area contributed by atoms with Crippen LogP contribution in [0.15, 0.2) is 0 Å². The number of cyclic esters (lactones) is 1. The first-order valence-corrected chi connectivity index (χ1v) is 5.15. The number of hydrogen-bond acceptors (Lipinski definition) is 3. The van der Waals surface area contributed by atoms with Gasteiger partial charge in [-0.25, -0.2) is 0 Å². The van der Waals surface area contributed by atoms with Gasteiger partial charge in [0, 0.05) is 12.2 Å². The molecule has 1 aliphatic heterocycles. The van der Waals surface area contributed by atoms with Crippen LogP contribution >= 0.6 is 11.8 Å². The Kier molecular flexibility index (Phi) is 2.47. The van der Waals surface area contributed by atoms with E-state index >= 15 is 0 Å². The summed E-state index contributed by atoms with van der Waals surface area (Å²) in [7, 11) is 0. The van der Waals surface area contributed by atoms with Gasteiger partial charge in [0.15, 0.2) is 0 Å². The first-order valence-electron chi connectivity index (χ1n) is 3.76. The third-order valence-corrected chi connectivity index (χ3v) is 2.62. The SMILES string of the molecule is CSCC1CC(C)(C)C(=O)O1. The normalized spacial score (nSPS) is 28.6. The summed E-state index contributed by atoms with van der Waals surface area (Å²) in [5, 5.41) is 0. The summed E-state index contributed by atoms with van der Waals surface area (Å²) in [4.78, 5) is 11.1. The first-order chi connectivity index (χ1) is 5.06. The molecule has 0 aromatic rings. The average molecular weight is 174 g/mol. The Balaban J connectivity index is 2.50. The fraction of sp³-hybridized carbons (Fsp3) is 0.875. The number of esters is 1. The van der Waals surface area contributed by atoms with E-state index in [1.54, 1.807) is 11.8 Å². The van der Waals surface area contributed by atoms with Crippen LogP contribution in [0.25, 0.3) is 0 Å². The van der Waals surface area contributed by atoms with Gasteiger partial charge in [0.1, 0.15) is 6.10 Å². The Morgan fingerprint density at radius 1 is 1.73 bits per heavy atom. The van der Waals surface area contributed by atoms with Crippen LogP contribution in [-0.4, -0.2) is 24.1 Å². The number of thioether (sulfide) groups is 1. The highest BCUT2D eigenvalue weighted by atomic mass is 32.2. The zero-order valence-electron chi connectivity index (χ0n) is 7.22. The third-order valence-electron chi connectivity index (χ3n) is 1.92. The molecule has 1 rings (SSSR count). The molecule has 0 aromatic heterocycles. The van der Waals surface area contributed by atoms with Gasteiger partial charge in [0.25, 0.3) is 0 Å². The smallest absolute Gasteiger partial charge is 0.311 e. The molecule has 1 unspecified atom stereocenters. The van der Waals surface area contributed by atoms with Crippen LogP contribution in [0.3, 0.4) is 0 Å². The monoisotopic (exact) mass is 174 g/mol. The second kappa shape index (κ2) is 3.05. The predicted octanol–water partition coefficient (Wildman–Crippen LogP) is 1.69. The molecule has 64 valence electrons. The summed E-state index contributed by atoms with van der Waals surface area (Å²) in [5.41, 5.74) is -0.250. The minimum atomic E-state index is -0.250. The molecule has 11 heavy (non-hydrogen) atoms. The van der Waals surface area contributed by atoms with Gasteiger partial charge in [0.05, 0.1) is 5.41 Å². The maximum absolute atomic E-state index is 11.1. The van der Waals surface area contributed by atoms with Crippen molar-refractivity contribution in [3.63, 3.8) is 0 Å². The number of carbonyl (C=O) groups excluding carboxylic acids is 1. The number of rotatable bonds is 2. The molecule has 3 heteroatoms. The molecular weight excluding hydrogens is 160 g/mol. The van der Waals surface area contributed by atoms with Crippen LogP contribution in [0.5, 0.6) is 0 Å². The topological polar surface area (TPSA) is 26.3 Å². The van der Waals surface area contributed by atoms with Gasteiger partial charge in [-0.3, -0.25) is 4.79 Å². The van der Waals surface area contributed by atoms with Crippen molar-refractivity contribution in [2.75, 3.05) is 12.0 Å². The maximum atomic E-state index is 11.1. The molecular formula is C8H14O2S. The predicted molar refractivity (Wildman–Crippen MR) is 46.7 cm³/mol. The fourth-order valence-electron chi connectivity index (χ4n) is 1.28. The molecule has 1 heterocycles. The molecule has 2 nitrogen and oxygen atoms in total. The van der Waals surface area contributed by atoms with E-state index in [1.807, 2.05) is 20.1 Å². The van der Waals surface area contributed by atoms with E-state index in [4.69, 9.17) is 4.74 Å². The summed E-state index contributed by atoms with van der Waals surface area (Å²) >= 11 is 1.72. The Morgan fingerprint density at radius 3 is 2.73 bits per heavy atom. The van der Waals surface area contributed by atoms with Gasteiger partial charge in [-0.2, -0.15) is 11.8 Å². The minimum absolute atomic E-state index is 0.0449. The van der Waals surface area contributed by atoms with Crippen LogP contribution in [0.4, 0.5) is 0 Å². The van der Waals surface area contributed by atoms with Crippen LogP contribution in [0.2, 0.25) is 0 Å². The second-order valence-corrected chi connectivity index (χ2v) is 4.48. The van der Waals surface area contributed by atoms with Gasteiger partial charge < -0.3 is 4.74 Å². The van der Waals surface area contributed by atoms with Gasteiger partial charge in [-0.1, -0.05) is 0 Å². The lowest BCUT2D eigenvalue weighted by Gasteiger charge is -2.09.